The Kier molecular flexibility index (Phi) is 14.2. The van der Waals surface area contributed by atoms with Gasteiger partial charge in [-0.15, -0.1) is 6.42 Å². The van der Waals surface area contributed by atoms with Crippen molar-refractivity contribution in [3.63, 3.8) is 0 Å². The number of terminal acetylenes is 1. The van der Waals surface area contributed by atoms with Gasteiger partial charge in [0.1, 0.15) is 6.61 Å². The fraction of sp³-hybridized carbons (Fsp3) is 0.333. The normalized spacial score (nSPS) is 8.14. The minimum Gasteiger partial charge on any atom is -0.476 e. The predicted octanol–water partition coefficient (Wildman–Crippen LogP) is -3.26. The van der Waals surface area contributed by atoms with Crippen molar-refractivity contribution in [2.24, 2.45) is 0 Å². The molecule has 8 heteroatoms. The van der Waals surface area contributed by atoms with Gasteiger partial charge in [0.05, 0.1) is 0 Å². The molecule has 0 aliphatic carbocycles. The quantitative estimate of drug-likeness (QED) is 0.165. The maximum atomic E-state index is 10.2. The van der Waals surface area contributed by atoms with Crippen LogP contribution in [0.15, 0.2) is 0 Å². The molecule has 0 rings (SSSR count). The zero-order valence-corrected chi connectivity index (χ0v) is 8.61. The average molecular weight is 216 g/mol. The summed E-state index contributed by atoms with van der Waals surface area (Å²) in [5, 5.41) is 0. The molecule has 0 spiro atoms. The first-order valence-corrected chi connectivity index (χ1v) is 4.30. The number of rotatable bonds is 2. The molecule has 0 aliphatic rings. The van der Waals surface area contributed by atoms with Crippen LogP contribution < -0.4 is 18.9 Å². The van der Waals surface area contributed by atoms with E-state index in [1.165, 1.54) is 6.42 Å². The van der Waals surface area contributed by atoms with Crippen LogP contribution in [0.2, 0.25) is 0 Å². The van der Waals surface area contributed by atoms with Gasteiger partial charge in [-0.3, -0.25) is 20.3 Å². The summed E-state index contributed by atoms with van der Waals surface area (Å²) in [6.07, 6.45) is 6.11. The van der Waals surface area contributed by atoms with Gasteiger partial charge in [0.2, 0.25) is 0 Å². The number of ether oxygens (including phenoxy) is 1. The molecule has 0 aromatic rings. The number of carbonyl (C=O) groups is 1. The summed E-state index contributed by atoms with van der Waals surface area (Å²) in [6.45, 7) is 1.65. The third-order valence-corrected chi connectivity index (χ3v) is 0.533. The van der Waals surface area contributed by atoms with E-state index in [1.54, 1.807) is 6.92 Å². The Balaban J connectivity index is -0.000000177. The van der Waals surface area contributed by atoms with Crippen LogP contribution in [0.1, 0.15) is 6.92 Å². The molecule has 0 fully saturated rings. The Morgan fingerprint density at radius 2 is 1.93 bits per heavy atom. The molecule has 0 aliphatic heterocycles. The van der Waals surface area contributed by atoms with Crippen molar-refractivity contribution in [3.05, 3.63) is 6.42 Å². The van der Waals surface area contributed by atoms with Gasteiger partial charge >= 0.3 is 29.3 Å². The second-order valence-electron chi connectivity index (χ2n) is 1.55. The van der Waals surface area contributed by atoms with Gasteiger partial charge in [0, 0.05) is 0 Å². The maximum Gasteiger partial charge on any atom is 1.00 e. The summed E-state index contributed by atoms with van der Waals surface area (Å²) < 4.78 is 36.0. The molecular formula is C6H9LiO6S. The average Bonchev–Trinajstić information content (AvgIpc) is 1.97. The summed E-state index contributed by atoms with van der Waals surface area (Å²) in [5.74, 6) is 1.80. The summed E-state index contributed by atoms with van der Waals surface area (Å²) in [6, 6.07) is 0. The van der Waals surface area contributed by atoms with Crippen molar-refractivity contribution < 1.29 is 45.9 Å². The zero-order valence-electron chi connectivity index (χ0n) is 7.80. The minimum absolute atomic E-state index is 0. The summed E-state index contributed by atoms with van der Waals surface area (Å²) in [5.41, 5.74) is 0. The van der Waals surface area contributed by atoms with Gasteiger partial charge in [-0.25, -0.2) is 0 Å². The van der Waals surface area contributed by atoms with Crippen LogP contribution >= 0.6 is 0 Å². The molecule has 76 valence electrons. The number of esters is 1. The van der Waals surface area contributed by atoms with E-state index in [2.05, 4.69) is 10.7 Å². The fourth-order valence-electron chi connectivity index (χ4n) is 0.196. The van der Waals surface area contributed by atoms with E-state index in [1.807, 2.05) is 0 Å². The van der Waals surface area contributed by atoms with Crippen molar-refractivity contribution >= 4 is 16.4 Å². The molecule has 0 saturated heterocycles. The van der Waals surface area contributed by atoms with Gasteiger partial charge < -0.3 is 4.74 Å². The second-order valence-corrected chi connectivity index (χ2v) is 2.44. The van der Waals surface area contributed by atoms with E-state index in [0.29, 0.717) is 0 Å². The largest absolute Gasteiger partial charge is 1.00 e. The minimum atomic E-state index is -4.67. The first kappa shape index (κ1) is 19.0. The van der Waals surface area contributed by atoms with Crippen molar-refractivity contribution in [2.45, 2.75) is 6.92 Å². The van der Waals surface area contributed by atoms with Crippen molar-refractivity contribution in [1.82, 2.24) is 0 Å². The number of carbonyl (C=O) groups excluding carboxylic acids is 1. The summed E-state index contributed by atoms with van der Waals surface area (Å²) in [7, 11) is -4.67. The third-order valence-electron chi connectivity index (χ3n) is 0.533. The Bertz CT molecular complexity index is 269. The summed E-state index contributed by atoms with van der Waals surface area (Å²) >= 11 is 0. The van der Waals surface area contributed by atoms with E-state index >= 15 is 0 Å². The zero-order chi connectivity index (χ0) is 10.9. The van der Waals surface area contributed by atoms with Crippen molar-refractivity contribution in [2.75, 3.05) is 6.61 Å². The van der Waals surface area contributed by atoms with E-state index in [9.17, 15) is 4.79 Å². The number of hydrogen-bond acceptors (Lipinski definition) is 4. The van der Waals surface area contributed by atoms with Crippen molar-refractivity contribution in [1.29, 1.82) is 0 Å². The Labute approximate surface area is 94.8 Å². The molecular weight excluding hydrogens is 207 g/mol. The molecule has 0 bridgehead atoms. The van der Waals surface area contributed by atoms with Gasteiger partial charge in [-0.1, -0.05) is 5.92 Å². The SMILES string of the molecule is C#CCOC(=O)[CH-]C.O=S(=O)(O)O.[Li+]. The van der Waals surface area contributed by atoms with Crippen LogP contribution in [0.5, 0.6) is 0 Å². The third kappa shape index (κ3) is 42.4. The first-order valence-electron chi connectivity index (χ1n) is 2.90. The van der Waals surface area contributed by atoms with Crippen LogP contribution in [0.25, 0.3) is 0 Å². The Hall–Kier alpha value is -0.633. The number of hydrogen-bond donors (Lipinski definition) is 2. The van der Waals surface area contributed by atoms with Crippen LogP contribution in [0.3, 0.4) is 0 Å². The molecule has 0 aromatic heterocycles. The topological polar surface area (TPSA) is 101 Å². The van der Waals surface area contributed by atoms with Crippen LogP contribution in [0, 0.1) is 18.8 Å². The standard InChI is InChI=1S/C6H7O2.Li.H2O4S/c1-3-5-8-6(7)4-2;;1-5(2,3)4/h1,4H,5H2,2H3;;(H2,1,2,3,4)/q-1;+1;. The molecule has 0 saturated carbocycles. The molecule has 0 atom stereocenters. The molecule has 0 heterocycles. The first-order chi connectivity index (χ1) is 5.81. The monoisotopic (exact) mass is 216 g/mol. The van der Waals surface area contributed by atoms with E-state index < -0.39 is 10.4 Å². The van der Waals surface area contributed by atoms with Crippen LogP contribution in [-0.4, -0.2) is 30.1 Å². The van der Waals surface area contributed by atoms with Gasteiger partial charge in [-0.2, -0.15) is 15.3 Å². The second kappa shape index (κ2) is 10.4. The van der Waals surface area contributed by atoms with Gasteiger partial charge in [0.15, 0.2) is 5.97 Å². The van der Waals surface area contributed by atoms with E-state index in [4.69, 9.17) is 23.9 Å². The summed E-state index contributed by atoms with van der Waals surface area (Å²) in [4.78, 5) is 10.2. The fourth-order valence-corrected chi connectivity index (χ4v) is 0.196. The molecule has 0 unspecified atom stereocenters. The molecule has 0 amide bonds. The van der Waals surface area contributed by atoms with Crippen LogP contribution in [-0.2, 0) is 19.9 Å². The molecule has 0 radical (unpaired) electrons. The van der Waals surface area contributed by atoms with Crippen molar-refractivity contribution in [3.8, 4) is 12.3 Å². The van der Waals surface area contributed by atoms with E-state index in [0.717, 1.165) is 0 Å². The molecule has 0 aromatic carbocycles. The maximum absolute atomic E-state index is 10.2. The van der Waals surface area contributed by atoms with Gasteiger partial charge in [0.25, 0.3) is 0 Å². The molecule has 14 heavy (non-hydrogen) atoms. The van der Waals surface area contributed by atoms with E-state index in [-0.39, 0.29) is 31.4 Å². The Morgan fingerprint density at radius 3 is 2.14 bits per heavy atom. The van der Waals surface area contributed by atoms with Crippen LogP contribution in [0.4, 0.5) is 0 Å². The molecule has 2 N–H and O–H groups in total. The predicted molar refractivity (Wildman–Crippen MR) is 43.9 cm³/mol. The molecule has 6 nitrogen and oxygen atoms in total. The Morgan fingerprint density at radius 1 is 1.57 bits per heavy atom. The smallest absolute Gasteiger partial charge is 0.476 e. The van der Waals surface area contributed by atoms with Gasteiger partial charge in [-0.05, 0) is 0 Å².